The van der Waals surface area contributed by atoms with E-state index < -0.39 is 17.8 Å². The van der Waals surface area contributed by atoms with Gasteiger partial charge in [-0.2, -0.15) is 0 Å². The molecule has 1 fully saturated rings. The van der Waals surface area contributed by atoms with E-state index in [0.29, 0.717) is 0 Å². The number of likely N-dealkylation sites (N-methyl/N-ethyl adjacent to an activating group) is 1. The van der Waals surface area contributed by atoms with E-state index >= 15 is 0 Å². The molecule has 0 saturated carbocycles. The molecule has 0 bridgehead atoms. The van der Waals surface area contributed by atoms with E-state index in [0.717, 1.165) is 10.5 Å². The van der Waals surface area contributed by atoms with Crippen LogP contribution in [0.3, 0.4) is 0 Å². The van der Waals surface area contributed by atoms with Crippen LogP contribution in [-0.2, 0) is 9.59 Å². The minimum Gasteiger partial charge on any atom is -0.273 e. The summed E-state index contributed by atoms with van der Waals surface area (Å²) in [6.45, 7) is 3.69. The van der Waals surface area contributed by atoms with Gasteiger partial charge in [-0.3, -0.25) is 19.8 Å². The number of nitrogens with one attached hydrogen (secondary N) is 1. The summed E-state index contributed by atoms with van der Waals surface area (Å²) in [6.07, 6.45) is 3.06. The molecule has 1 saturated heterocycles. The highest BCUT2D eigenvalue weighted by molar-refractivity contribution is 6.28. The molecule has 0 atom stereocenters. The van der Waals surface area contributed by atoms with Crippen LogP contribution in [0.15, 0.2) is 23.3 Å². The van der Waals surface area contributed by atoms with E-state index in [4.69, 9.17) is 0 Å². The van der Waals surface area contributed by atoms with Crippen molar-refractivity contribution < 1.29 is 14.4 Å². The first-order chi connectivity index (χ1) is 6.93. The summed E-state index contributed by atoms with van der Waals surface area (Å²) >= 11 is 0. The number of allylic oxidation sites excluding steroid dienone is 3. The zero-order valence-electron chi connectivity index (χ0n) is 8.83. The van der Waals surface area contributed by atoms with Crippen molar-refractivity contribution in [1.29, 1.82) is 0 Å². The van der Waals surface area contributed by atoms with Gasteiger partial charge in [-0.25, -0.2) is 4.79 Å². The fourth-order valence-corrected chi connectivity index (χ4v) is 1.02. The molecule has 1 heterocycles. The van der Waals surface area contributed by atoms with Crippen molar-refractivity contribution in [3.8, 4) is 0 Å². The summed E-state index contributed by atoms with van der Waals surface area (Å²) < 4.78 is 0. The van der Waals surface area contributed by atoms with Gasteiger partial charge in [-0.1, -0.05) is 11.6 Å². The van der Waals surface area contributed by atoms with Crippen molar-refractivity contribution in [2.75, 3.05) is 7.05 Å². The molecule has 0 unspecified atom stereocenters. The van der Waals surface area contributed by atoms with E-state index in [1.807, 2.05) is 13.8 Å². The van der Waals surface area contributed by atoms with Crippen LogP contribution >= 0.6 is 0 Å². The Morgan fingerprint density at radius 2 is 1.87 bits per heavy atom. The van der Waals surface area contributed by atoms with Crippen molar-refractivity contribution in [3.63, 3.8) is 0 Å². The third-order valence-electron chi connectivity index (χ3n) is 1.89. The molecule has 15 heavy (non-hydrogen) atoms. The van der Waals surface area contributed by atoms with Crippen LogP contribution in [0.25, 0.3) is 0 Å². The molecule has 5 heteroatoms. The maximum absolute atomic E-state index is 11.5. The van der Waals surface area contributed by atoms with Crippen molar-refractivity contribution >= 4 is 17.8 Å². The summed E-state index contributed by atoms with van der Waals surface area (Å²) in [5.74, 6) is -1.23. The Kier molecular flexibility index (Phi) is 3.04. The van der Waals surface area contributed by atoms with Gasteiger partial charge >= 0.3 is 6.03 Å². The van der Waals surface area contributed by atoms with Gasteiger partial charge in [-0.15, -0.1) is 0 Å². The lowest BCUT2D eigenvalue weighted by molar-refractivity contribution is -0.129. The number of imide groups is 2. The maximum Gasteiger partial charge on any atom is 0.331 e. The second kappa shape index (κ2) is 4.08. The summed E-state index contributed by atoms with van der Waals surface area (Å²) in [6, 6.07) is -0.695. The van der Waals surface area contributed by atoms with Crippen LogP contribution < -0.4 is 5.32 Å². The Labute approximate surface area is 87.4 Å². The molecule has 0 radical (unpaired) electrons. The number of rotatable bonds is 1. The second-order valence-electron chi connectivity index (χ2n) is 3.45. The Morgan fingerprint density at radius 1 is 1.27 bits per heavy atom. The number of amides is 4. The first-order valence-electron chi connectivity index (χ1n) is 4.42. The van der Waals surface area contributed by atoms with E-state index in [9.17, 15) is 14.4 Å². The first kappa shape index (κ1) is 11.2. The van der Waals surface area contributed by atoms with Gasteiger partial charge in [0.1, 0.15) is 5.57 Å². The van der Waals surface area contributed by atoms with Crippen molar-refractivity contribution in [3.05, 3.63) is 23.3 Å². The predicted molar refractivity (Wildman–Crippen MR) is 53.8 cm³/mol. The number of urea groups is 1. The van der Waals surface area contributed by atoms with E-state index in [1.165, 1.54) is 13.1 Å². The molecule has 0 spiro atoms. The first-order valence-corrected chi connectivity index (χ1v) is 4.42. The normalized spacial score (nSPS) is 19.3. The third kappa shape index (κ3) is 2.31. The van der Waals surface area contributed by atoms with Crippen molar-refractivity contribution in [2.45, 2.75) is 13.8 Å². The summed E-state index contributed by atoms with van der Waals surface area (Å²) in [5.41, 5.74) is 0.931. The van der Waals surface area contributed by atoms with Crippen LogP contribution in [0.2, 0.25) is 0 Å². The van der Waals surface area contributed by atoms with Gasteiger partial charge in [-0.05, 0) is 19.9 Å². The molecular formula is C10H12N2O3. The molecule has 1 aliphatic heterocycles. The topological polar surface area (TPSA) is 66.5 Å². The highest BCUT2D eigenvalue weighted by atomic mass is 16.2. The quantitative estimate of drug-likeness (QED) is 0.506. The maximum atomic E-state index is 11.5. The van der Waals surface area contributed by atoms with E-state index in [2.05, 4.69) is 5.32 Å². The molecular weight excluding hydrogens is 196 g/mol. The molecule has 1 rings (SSSR count). The number of carbonyl (C=O) groups is 3. The number of hydrogen-bond donors (Lipinski definition) is 1. The lowest BCUT2D eigenvalue weighted by Crippen LogP contribution is -2.52. The summed E-state index contributed by atoms with van der Waals surface area (Å²) in [7, 11) is 1.32. The fraction of sp³-hybridized carbons (Fsp3) is 0.300. The van der Waals surface area contributed by atoms with Crippen LogP contribution in [-0.4, -0.2) is 29.8 Å². The largest absolute Gasteiger partial charge is 0.331 e. The molecule has 5 nitrogen and oxygen atoms in total. The predicted octanol–water partition coefficient (Wildman–Crippen LogP) is 0.587. The molecule has 1 N–H and O–H groups in total. The minimum absolute atomic E-state index is 0.0294. The third-order valence-corrected chi connectivity index (χ3v) is 1.89. The smallest absolute Gasteiger partial charge is 0.273 e. The zero-order valence-corrected chi connectivity index (χ0v) is 8.83. The van der Waals surface area contributed by atoms with Crippen molar-refractivity contribution in [2.24, 2.45) is 0 Å². The Balaban J connectivity index is 3.04. The number of hydrogen-bond acceptors (Lipinski definition) is 3. The van der Waals surface area contributed by atoms with Crippen molar-refractivity contribution in [1.82, 2.24) is 10.2 Å². The Hall–Kier alpha value is -1.91. The zero-order chi connectivity index (χ0) is 11.6. The molecule has 0 aromatic heterocycles. The standard InChI is InChI=1S/C10H12N2O3/c1-6(2)4-5-7-8(13)11-10(15)12(3)9(7)14/h4-5H,1-3H3,(H,11,13,15)/b7-5-. The summed E-state index contributed by atoms with van der Waals surface area (Å²) in [4.78, 5) is 34.7. The number of barbiturate groups is 1. The second-order valence-corrected chi connectivity index (χ2v) is 3.45. The average Bonchev–Trinajstić information content (AvgIpc) is 2.14. The lowest BCUT2D eigenvalue weighted by atomic mass is 10.1. The van der Waals surface area contributed by atoms with Gasteiger partial charge in [0.25, 0.3) is 11.8 Å². The van der Waals surface area contributed by atoms with Gasteiger partial charge in [0, 0.05) is 7.05 Å². The van der Waals surface area contributed by atoms with E-state index in [1.54, 1.807) is 6.08 Å². The fourth-order valence-electron chi connectivity index (χ4n) is 1.02. The average molecular weight is 208 g/mol. The van der Waals surface area contributed by atoms with Gasteiger partial charge in [0.05, 0.1) is 0 Å². The highest BCUT2D eigenvalue weighted by Gasteiger charge is 2.32. The SMILES string of the molecule is CC(C)=C/C=C1/C(=O)NC(=O)N(C)C1=O. The number of nitrogens with zero attached hydrogens (tertiary/aromatic N) is 1. The lowest BCUT2D eigenvalue weighted by Gasteiger charge is -2.21. The van der Waals surface area contributed by atoms with Crippen LogP contribution in [0.5, 0.6) is 0 Å². The molecule has 0 aliphatic carbocycles. The molecule has 0 aromatic carbocycles. The summed E-state index contributed by atoms with van der Waals surface area (Å²) in [5, 5.41) is 2.06. The van der Waals surface area contributed by atoms with Gasteiger partial charge in [0.15, 0.2) is 0 Å². The van der Waals surface area contributed by atoms with Crippen LogP contribution in [0, 0.1) is 0 Å². The monoisotopic (exact) mass is 208 g/mol. The molecule has 0 aromatic rings. The van der Waals surface area contributed by atoms with Crippen LogP contribution in [0.4, 0.5) is 4.79 Å². The minimum atomic E-state index is -0.695. The number of carbonyl (C=O) groups excluding carboxylic acids is 3. The Morgan fingerprint density at radius 3 is 2.40 bits per heavy atom. The Bertz CT molecular complexity index is 389. The molecule has 1 aliphatic rings. The van der Waals surface area contributed by atoms with Gasteiger partial charge < -0.3 is 0 Å². The molecule has 80 valence electrons. The van der Waals surface area contributed by atoms with E-state index in [-0.39, 0.29) is 5.57 Å². The van der Waals surface area contributed by atoms with Crippen LogP contribution in [0.1, 0.15) is 13.8 Å². The van der Waals surface area contributed by atoms with Gasteiger partial charge in [0.2, 0.25) is 0 Å². The molecule has 4 amide bonds. The highest BCUT2D eigenvalue weighted by Crippen LogP contribution is 2.08.